The third-order valence-corrected chi connectivity index (χ3v) is 8.31. The second-order valence-corrected chi connectivity index (χ2v) is 11.5. The van der Waals surface area contributed by atoms with E-state index in [0.717, 1.165) is 35.9 Å². The second-order valence-electron chi connectivity index (χ2n) is 11.1. The molecular weight excluding hydrogens is 599 g/mol. The Balaban J connectivity index is 1.24. The molecule has 1 aliphatic heterocycles. The molecule has 2 aliphatic rings. The van der Waals surface area contributed by atoms with E-state index in [9.17, 15) is 27.9 Å². The fourth-order valence-electron chi connectivity index (χ4n) is 5.52. The van der Waals surface area contributed by atoms with Crippen LogP contribution in [0.3, 0.4) is 0 Å². The van der Waals surface area contributed by atoms with Crippen molar-refractivity contribution in [3.63, 3.8) is 0 Å². The van der Waals surface area contributed by atoms with Gasteiger partial charge in [-0.3, -0.25) is 24.2 Å². The predicted molar refractivity (Wildman–Crippen MR) is 155 cm³/mol. The van der Waals surface area contributed by atoms with Crippen LogP contribution in [0.1, 0.15) is 71.7 Å². The topological polar surface area (TPSA) is 126 Å². The zero-order valence-corrected chi connectivity index (χ0v) is 24.6. The Morgan fingerprint density at radius 1 is 1.18 bits per heavy atom. The first-order valence-electron chi connectivity index (χ1n) is 13.9. The van der Waals surface area contributed by atoms with Gasteiger partial charge < -0.3 is 10.4 Å². The Bertz CT molecular complexity index is 1800. The molecule has 6 rings (SSSR count). The number of halogens is 4. The van der Waals surface area contributed by atoms with Crippen molar-refractivity contribution in [2.45, 2.75) is 45.8 Å². The number of aliphatic hydroxyl groups excluding tert-OH is 1. The van der Waals surface area contributed by atoms with Crippen LogP contribution >= 0.6 is 11.6 Å². The lowest BCUT2D eigenvalue weighted by Crippen LogP contribution is -2.29. The van der Waals surface area contributed by atoms with E-state index in [1.54, 1.807) is 22.0 Å². The highest BCUT2D eigenvalue weighted by atomic mass is 35.5. The first-order valence-corrected chi connectivity index (χ1v) is 14.3. The van der Waals surface area contributed by atoms with Crippen LogP contribution in [-0.4, -0.2) is 48.2 Å². The van der Waals surface area contributed by atoms with E-state index in [0.29, 0.717) is 18.3 Å². The van der Waals surface area contributed by atoms with Gasteiger partial charge in [0.25, 0.3) is 12.3 Å². The lowest BCUT2D eigenvalue weighted by Gasteiger charge is -2.21. The summed E-state index contributed by atoms with van der Waals surface area (Å²) >= 11 is 5.85. The standard InChI is InChI=1S/C30H27ClF3N7O3/c1-13-6-16(8-36-28(13)40-11-17-7-20(17)30(40)44)14(2)41-12-18(9-37-41)38-29(43)26-25(15(3)42)35-10-22(39-26)23-19(27(33)34)4-5-21(31)24(23)32/h4-6,8-10,12,14-15,17,20,27,42H,7,11H2,1-3H3,(H,38,43)/t14?,15?,17?,20-/m1/s1. The number of pyridine rings is 1. The number of hydrogen-bond donors (Lipinski definition) is 2. The summed E-state index contributed by atoms with van der Waals surface area (Å²) in [5, 5.41) is 16.8. The van der Waals surface area contributed by atoms with Crippen molar-refractivity contribution < 1.29 is 27.9 Å². The SMILES string of the molecule is Cc1cc(C(C)n2cc(NC(=O)c3nc(-c4c(C(F)F)ccc(Cl)c4F)cnc3C(C)O)cn2)cnc1N1CC2C[C@H]2C1=O. The smallest absolute Gasteiger partial charge is 0.276 e. The molecule has 0 spiro atoms. The highest BCUT2D eigenvalue weighted by Crippen LogP contribution is 2.47. The van der Waals surface area contributed by atoms with Gasteiger partial charge >= 0.3 is 0 Å². The van der Waals surface area contributed by atoms with E-state index in [1.807, 2.05) is 19.9 Å². The average molecular weight is 626 g/mol. The molecule has 44 heavy (non-hydrogen) atoms. The molecule has 4 heterocycles. The highest BCUT2D eigenvalue weighted by Gasteiger charge is 2.53. The Morgan fingerprint density at radius 3 is 2.61 bits per heavy atom. The molecule has 3 aromatic heterocycles. The summed E-state index contributed by atoms with van der Waals surface area (Å²) in [7, 11) is 0. The Morgan fingerprint density at radius 2 is 1.95 bits per heavy atom. The van der Waals surface area contributed by atoms with Crippen molar-refractivity contribution in [2.75, 3.05) is 16.8 Å². The summed E-state index contributed by atoms with van der Waals surface area (Å²) in [5.41, 5.74) is -0.167. The minimum Gasteiger partial charge on any atom is -0.387 e. The largest absolute Gasteiger partial charge is 0.387 e. The van der Waals surface area contributed by atoms with Crippen molar-refractivity contribution in [1.29, 1.82) is 0 Å². The van der Waals surface area contributed by atoms with Gasteiger partial charge in [-0.25, -0.2) is 23.1 Å². The van der Waals surface area contributed by atoms with Gasteiger partial charge in [0.2, 0.25) is 5.91 Å². The first kappa shape index (κ1) is 29.7. The molecule has 2 fully saturated rings. The number of fused-ring (bicyclic) bond motifs is 1. The van der Waals surface area contributed by atoms with Crippen molar-refractivity contribution in [3.05, 3.63) is 81.9 Å². The number of piperidine rings is 1. The molecule has 0 bridgehead atoms. The van der Waals surface area contributed by atoms with Gasteiger partial charge in [-0.1, -0.05) is 17.7 Å². The molecule has 1 aliphatic carbocycles. The van der Waals surface area contributed by atoms with Crippen LogP contribution in [0.15, 0.2) is 43.0 Å². The van der Waals surface area contributed by atoms with Crippen LogP contribution in [0.2, 0.25) is 5.02 Å². The number of aryl methyl sites for hydroxylation is 1. The number of aromatic nitrogens is 5. The van der Waals surface area contributed by atoms with Crippen LogP contribution in [0, 0.1) is 24.6 Å². The zero-order valence-electron chi connectivity index (χ0n) is 23.8. The number of aliphatic hydroxyl groups is 1. The van der Waals surface area contributed by atoms with Gasteiger partial charge in [0.1, 0.15) is 5.82 Å². The quantitative estimate of drug-likeness (QED) is 0.258. The second kappa shape index (κ2) is 11.3. The fraction of sp³-hybridized carbons (Fsp3) is 0.333. The Kier molecular flexibility index (Phi) is 7.62. The molecule has 14 heteroatoms. The number of anilines is 2. The Labute approximate surface area is 254 Å². The van der Waals surface area contributed by atoms with Gasteiger partial charge in [0, 0.05) is 36.0 Å². The molecule has 4 aromatic rings. The van der Waals surface area contributed by atoms with Gasteiger partial charge in [-0.2, -0.15) is 5.10 Å². The van der Waals surface area contributed by atoms with Gasteiger partial charge in [-0.05, 0) is 56.4 Å². The summed E-state index contributed by atoms with van der Waals surface area (Å²) in [6, 6.07) is 3.64. The van der Waals surface area contributed by atoms with Crippen LogP contribution in [0.4, 0.5) is 24.7 Å². The monoisotopic (exact) mass is 625 g/mol. The van der Waals surface area contributed by atoms with E-state index in [-0.39, 0.29) is 40.6 Å². The van der Waals surface area contributed by atoms with E-state index in [4.69, 9.17) is 11.6 Å². The predicted octanol–water partition coefficient (Wildman–Crippen LogP) is 5.67. The van der Waals surface area contributed by atoms with Crippen molar-refractivity contribution in [3.8, 4) is 11.3 Å². The number of alkyl halides is 2. The maximum Gasteiger partial charge on any atom is 0.276 e. The number of amides is 2. The average Bonchev–Trinajstić information content (AvgIpc) is 3.49. The summed E-state index contributed by atoms with van der Waals surface area (Å²) in [5.74, 6) is -0.614. The van der Waals surface area contributed by atoms with Crippen molar-refractivity contribution in [2.24, 2.45) is 11.8 Å². The maximum atomic E-state index is 14.9. The van der Waals surface area contributed by atoms with Gasteiger partial charge in [0.05, 0.1) is 46.6 Å². The fourth-order valence-corrected chi connectivity index (χ4v) is 5.68. The molecule has 4 atom stereocenters. The van der Waals surface area contributed by atoms with E-state index in [2.05, 4.69) is 25.4 Å². The van der Waals surface area contributed by atoms with Crippen molar-refractivity contribution in [1.82, 2.24) is 24.7 Å². The molecular formula is C30H27ClF3N7O3. The first-order chi connectivity index (χ1) is 20.9. The van der Waals surface area contributed by atoms with Gasteiger partial charge in [-0.15, -0.1) is 0 Å². The molecule has 0 radical (unpaired) electrons. The lowest BCUT2D eigenvalue weighted by atomic mass is 10.0. The van der Waals surface area contributed by atoms with Crippen molar-refractivity contribution >= 4 is 34.9 Å². The van der Waals surface area contributed by atoms with Crippen LogP contribution < -0.4 is 10.2 Å². The minimum atomic E-state index is -3.05. The number of hydrogen-bond acceptors (Lipinski definition) is 7. The summed E-state index contributed by atoms with van der Waals surface area (Å²) in [6.45, 7) is 5.85. The normalized spacial score (nSPS) is 18.8. The zero-order chi connectivity index (χ0) is 31.4. The van der Waals surface area contributed by atoms with E-state index < -0.39 is 40.4 Å². The molecule has 3 unspecified atom stereocenters. The summed E-state index contributed by atoms with van der Waals surface area (Å²) < 4.78 is 43.9. The number of rotatable bonds is 8. The highest BCUT2D eigenvalue weighted by molar-refractivity contribution is 6.31. The molecule has 228 valence electrons. The molecule has 1 saturated carbocycles. The Hall–Kier alpha value is -4.36. The van der Waals surface area contributed by atoms with Gasteiger partial charge in [0.15, 0.2) is 11.5 Å². The van der Waals surface area contributed by atoms with E-state index >= 15 is 0 Å². The number of carbonyl (C=O) groups excluding carboxylic acids is 2. The number of carbonyl (C=O) groups is 2. The third-order valence-electron chi connectivity index (χ3n) is 8.02. The number of nitrogens with one attached hydrogen (secondary N) is 1. The lowest BCUT2D eigenvalue weighted by molar-refractivity contribution is -0.118. The molecule has 1 saturated heterocycles. The van der Waals surface area contributed by atoms with Crippen LogP contribution in [0.25, 0.3) is 11.3 Å². The molecule has 2 N–H and O–H groups in total. The number of benzene rings is 1. The number of nitrogens with zero attached hydrogens (tertiary/aromatic N) is 6. The molecule has 10 nitrogen and oxygen atoms in total. The summed E-state index contributed by atoms with van der Waals surface area (Å²) in [6.07, 6.45) is 2.34. The summed E-state index contributed by atoms with van der Waals surface area (Å²) in [4.78, 5) is 40.3. The van der Waals surface area contributed by atoms with E-state index in [1.165, 1.54) is 13.1 Å². The van der Waals surface area contributed by atoms with Crippen LogP contribution in [0.5, 0.6) is 0 Å². The molecule has 2 amide bonds. The molecule has 1 aromatic carbocycles. The third kappa shape index (κ3) is 5.30. The van der Waals surface area contributed by atoms with Crippen LogP contribution in [-0.2, 0) is 4.79 Å². The maximum absolute atomic E-state index is 14.9. The minimum absolute atomic E-state index is 0.125.